The zero-order valence-corrected chi connectivity index (χ0v) is 20.7. The van der Waals surface area contributed by atoms with Gasteiger partial charge in [0.05, 0.1) is 10.6 Å². The zero-order chi connectivity index (χ0) is 24.9. The summed E-state index contributed by atoms with van der Waals surface area (Å²) in [5.74, 6) is 0.702. The molecule has 6 nitrogen and oxygen atoms in total. The first-order valence-electron chi connectivity index (χ1n) is 11.1. The third-order valence-corrected chi connectivity index (χ3v) is 7.88. The molecule has 0 aliphatic heterocycles. The molecule has 1 saturated carbocycles. The number of ether oxygens (including phenoxy) is 1. The number of anilines is 2. The average Bonchev–Trinajstić information content (AvgIpc) is 3.03. The van der Waals surface area contributed by atoms with Gasteiger partial charge in [0.15, 0.2) is 0 Å². The molecular formula is C23H27ClF3N3O3S. The Kier molecular flexibility index (Phi) is 6.44. The number of aromatic nitrogens is 2. The topological polar surface area (TPSA) is 73.2 Å². The fraction of sp³-hybridized carbons (Fsp3) is 0.522. The van der Waals surface area contributed by atoms with E-state index in [0.29, 0.717) is 36.1 Å². The van der Waals surface area contributed by atoms with Gasteiger partial charge >= 0.3 is 6.36 Å². The van der Waals surface area contributed by atoms with E-state index in [1.807, 2.05) is 0 Å². The van der Waals surface area contributed by atoms with Crippen molar-refractivity contribution in [2.75, 3.05) is 5.32 Å². The van der Waals surface area contributed by atoms with Gasteiger partial charge in [-0.1, -0.05) is 20.8 Å². The molecule has 0 unspecified atom stereocenters. The maximum Gasteiger partial charge on any atom is 0.573 e. The van der Waals surface area contributed by atoms with E-state index in [-0.39, 0.29) is 22.1 Å². The average molecular weight is 518 g/mol. The van der Waals surface area contributed by atoms with E-state index in [0.717, 1.165) is 25.0 Å². The van der Waals surface area contributed by atoms with Gasteiger partial charge in [0.25, 0.3) is 9.05 Å². The van der Waals surface area contributed by atoms with Crippen molar-refractivity contribution in [1.29, 1.82) is 0 Å². The third kappa shape index (κ3) is 5.71. The number of fused-ring (bicyclic) bond motifs is 1. The summed E-state index contributed by atoms with van der Waals surface area (Å²) in [5, 5.41) is 3.22. The second-order valence-electron chi connectivity index (χ2n) is 9.95. The van der Waals surface area contributed by atoms with Gasteiger partial charge in [0.1, 0.15) is 5.75 Å². The van der Waals surface area contributed by atoms with E-state index in [1.165, 1.54) is 30.3 Å². The Balaban J connectivity index is 1.72. The first kappa shape index (κ1) is 24.9. The monoisotopic (exact) mass is 517 g/mol. The highest BCUT2D eigenvalue weighted by Crippen LogP contribution is 2.46. The van der Waals surface area contributed by atoms with Crippen molar-refractivity contribution in [3.63, 3.8) is 0 Å². The van der Waals surface area contributed by atoms with Gasteiger partial charge in [-0.25, -0.2) is 13.4 Å². The van der Waals surface area contributed by atoms with Gasteiger partial charge in [-0.3, -0.25) is 0 Å². The van der Waals surface area contributed by atoms with E-state index in [4.69, 9.17) is 10.7 Å². The van der Waals surface area contributed by atoms with Crippen LogP contribution in [-0.2, 0) is 15.5 Å². The van der Waals surface area contributed by atoms with E-state index in [1.54, 1.807) is 0 Å². The van der Waals surface area contributed by atoms with Gasteiger partial charge in [0.2, 0.25) is 5.95 Å². The Labute approximate surface area is 201 Å². The van der Waals surface area contributed by atoms with Crippen LogP contribution >= 0.6 is 10.7 Å². The molecule has 2 aromatic rings. The molecule has 1 fully saturated rings. The van der Waals surface area contributed by atoms with Crippen LogP contribution in [0, 0.1) is 11.3 Å². The molecule has 2 atom stereocenters. The van der Waals surface area contributed by atoms with Crippen molar-refractivity contribution in [1.82, 2.24) is 9.55 Å². The lowest BCUT2D eigenvalue weighted by atomic mass is 9.70. The van der Waals surface area contributed by atoms with Crippen LogP contribution < -0.4 is 10.1 Å². The van der Waals surface area contributed by atoms with Crippen LogP contribution in [0.4, 0.5) is 24.8 Å². The SMILES string of the molecule is C[C@@H]1C[C@H](n2c(Nc3ccc(OC(F)(F)F)cc3)nc3c2CCC(S(=O)(=O)Cl)=C3)CC(C)(C)C1. The molecule has 34 heavy (non-hydrogen) atoms. The summed E-state index contributed by atoms with van der Waals surface area (Å²) in [6, 6.07) is 5.57. The van der Waals surface area contributed by atoms with Gasteiger partial charge < -0.3 is 14.6 Å². The Morgan fingerprint density at radius 1 is 1.18 bits per heavy atom. The number of hydrogen-bond donors (Lipinski definition) is 1. The van der Waals surface area contributed by atoms with Crippen molar-refractivity contribution in [3.8, 4) is 5.75 Å². The fourth-order valence-corrected chi connectivity index (χ4v) is 6.31. The summed E-state index contributed by atoms with van der Waals surface area (Å²) in [5.41, 5.74) is 2.14. The molecular weight excluding hydrogens is 491 g/mol. The first-order chi connectivity index (χ1) is 15.7. The first-order valence-corrected chi connectivity index (χ1v) is 13.4. The highest BCUT2D eigenvalue weighted by molar-refractivity contribution is 8.16. The van der Waals surface area contributed by atoms with Crippen LogP contribution in [0.15, 0.2) is 29.2 Å². The number of nitrogens with one attached hydrogen (secondary N) is 1. The van der Waals surface area contributed by atoms with Gasteiger partial charge in [0, 0.05) is 28.1 Å². The lowest BCUT2D eigenvalue weighted by Crippen LogP contribution is -2.30. The minimum atomic E-state index is -4.76. The van der Waals surface area contributed by atoms with Crippen LogP contribution in [0.25, 0.3) is 6.08 Å². The standard InChI is InChI=1S/C23H27ClF3N3O3S/c1-14-10-16(13-22(2,3)12-14)30-20-9-8-18(34(24,31)32)11-19(20)29-21(30)28-15-4-6-17(7-5-15)33-23(25,26)27/h4-7,11,14,16H,8-10,12-13H2,1-3H3,(H,28,29)/t14-,16+/m1/s1. The molecule has 0 bridgehead atoms. The van der Waals surface area contributed by atoms with Gasteiger partial charge in [-0.15, -0.1) is 13.2 Å². The number of benzene rings is 1. The predicted octanol–water partition coefficient (Wildman–Crippen LogP) is 6.77. The molecule has 2 aliphatic carbocycles. The van der Waals surface area contributed by atoms with E-state index < -0.39 is 15.4 Å². The molecule has 2 aliphatic rings. The van der Waals surface area contributed by atoms with Crippen molar-refractivity contribution in [2.45, 2.75) is 65.3 Å². The summed E-state index contributed by atoms with van der Waals surface area (Å²) >= 11 is 0. The number of alkyl halides is 3. The Morgan fingerprint density at radius 2 is 1.85 bits per heavy atom. The smallest absolute Gasteiger partial charge is 0.406 e. The van der Waals surface area contributed by atoms with E-state index in [2.05, 4.69) is 40.4 Å². The highest BCUT2D eigenvalue weighted by Gasteiger charge is 2.36. The Hall–Kier alpha value is -2.20. The van der Waals surface area contributed by atoms with Crippen molar-refractivity contribution < 1.29 is 26.3 Å². The molecule has 0 saturated heterocycles. The number of allylic oxidation sites excluding steroid dienone is 1. The lowest BCUT2D eigenvalue weighted by Gasteiger charge is -2.40. The van der Waals surface area contributed by atoms with Crippen LogP contribution in [0.1, 0.15) is 63.9 Å². The molecule has 1 heterocycles. The molecule has 1 aromatic heterocycles. The number of nitrogens with zero attached hydrogens (tertiary/aromatic N) is 2. The minimum absolute atomic E-state index is 0.127. The van der Waals surface area contributed by atoms with Gasteiger partial charge in [-0.2, -0.15) is 0 Å². The van der Waals surface area contributed by atoms with Gasteiger partial charge in [-0.05, 0) is 73.8 Å². The van der Waals surface area contributed by atoms with Crippen molar-refractivity contribution in [2.24, 2.45) is 11.3 Å². The molecule has 1 aromatic carbocycles. The summed E-state index contributed by atoms with van der Waals surface area (Å²) < 4.78 is 67.3. The molecule has 0 radical (unpaired) electrons. The van der Waals surface area contributed by atoms with Crippen LogP contribution in [0.3, 0.4) is 0 Å². The summed E-state index contributed by atoms with van der Waals surface area (Å²) in [6.45, 7) is 6.70. The zero-order valence-electron chi connectivity index (χ0n) is 19.1. The predicted molar refractivity (Wildman–Crippen MR) is 126 cm³/mol. The number of halogens is 4. The summed E-state index contributed by atoms with van der Waals surface area (Å²) in [4.78, 5) is 4.81. The molecule has 1 N–H and O–H groups in total. The fourth-order valence-electron chi connectivity index (χ4n) is 5.35. The molecule has 0 spiro atoms. The molecule has 4 rings (SSSR count). The third-order valence-electron chi connectivity index (χ3n) is 6.33. The normalized spacial score (nSPS) is 22.6. The lowest BCUT2D eigenvalue weighted by molar-refractivity contribution is -0.274. The number of hydrogen-bond acceptors (Lipinski definition) is 5. The molecule has 0 amide bonds. The minimum Gasteiger partial charge on any atom is -0.406 e. The Morgan fingerprint density at radius 3 is 2.44 bits per heavy atom. The Bertz CT molecular complexity index is 1200. The van der Waals surface area contributed by atoms with Crippen molar-refractivity contribution >= 4 is 37.4 Å². The molecule has 11 heteroatoms. The van der Waals surface area contributed by atoms with Crippen molar-refractivity contribution in [3.05, 3.63) is 40.6 Å². The molecule has 186 valence electrons. The van der Waals surface area contributed by atoms with E-state index in [9.17, 15) is 21.6 Å². The largest absolute Gasteiger partial charge is 0.573 e. The van der Waals surface area contributed by atoms with Crippen LogP contribution in [0.5, 0.6) is 5.75 Å². The number of rotatable bonds is 5. The van der Waals surface area contributed by atoms with E-state index >= 15 is 0 Å². The highest BCUT2D eigenvalue weighted by atomic mass is 35.7. The van der Waals surface area contributed by atoms with Crippen LogP contribution in [-0.4, -0.2) is 24.3 Å². The maximum atomic E-state index is 12.5. The maximum absolute atomic E-state index is 12.5. The quantitative estimate of drug-likeness (QED) is 0.443. The second-order valence-corrected chi connectivity index (χ2v) is 12.6. The summed E-state index contributed by atoms with van der Waals surface area (Å²) in [6.07, 6.45) is 0.506. The summed E-state index contributed by atoms with van der Waals surface area (Å²) in [7, 11) is 1.74. The van der Waals surface area contributed by atoms with Crippen LogP contribution in [0.2, 0.25) is 0 Å². The number of imidazole rings is 1. The second kappa shape index (κ2) is 8.78.